The van der Waals surface area contributed by atoms with Crippen LogP contribution in [-0.4, -0.2) is 21.9 Å². The Balaban J connectivity index is 2.11. The maximum Gasteiger partial charge on any atom is 0.173 e. The minimum Gasteiger partial charge on any atom is -0.497 e. The van der Waals surface area contributed by atoms with E-state index in [1.165, 1.54) is 5.56 Å². The molecule has 0 aliphatic heterocycles. The number of nitrogens with zero attached hydrogens (tertiary/aromatic N) is 2. The molecule has 0 aliphatic carbocycles. The fourth-order valence-corrected chi connectivity index (χ4v) is 3.38. The number of ether oxygens (including phenoxy) is 1. The number of rotatable bonds is 5. The van der Waals surface area contributed by atoms with Gasteiger partial charge in [-0.2, -0.15) is 0 Å². The molecule has 4 heteroatoms. The highest BCUT2D eigenvalue weighted by atomic mass is 32.2. The first-order valence-corrected chi connectivity index (χ1v) is 8.92. The third kappa shape index (κ3) is 3.49. The van der Waals surface area contributed by atoms with Crippen molar-refractivity contribution in [3.05, 3.63) is 60.3 Å². The third-order valence-electron chi connectivity index (χ3n) is 3.75. The van der Waals surface area contributed by atoms with Gasteiger partial charge >= 0.3 is 0 Å². The normalized spacial score (nSPS) is 11.0. The standard InChI is InChI=1S/C20H22N2OS/c1-14(2)24-20-21-13-19(16-7-11-18(23-4)12-8-16)22(20)17-9-5-15(3)6-10-17/h5-14H,1-4H3. The quantitative estimate of drug-likeness (QED) is 0.586. The van der Waals surface area contributed by atoms with Crippen molar-refractivity contribution in [2.45, 2.75) is 31.2 Å². The zero-order chi connectivity index (χ0) is 17.1. The maximum atomic E-state index is 5.26. The fourth-order valence-electron chi connectivity index (χ4n) is 2.54. The highest BCUT2D eigenvalue weighted by Gasteiger charge is 2.15. The van der Waals surface area contributed by atoms with Gasteiger partial charge < -0.3 is 4.74 Å². The molecule has 3 nitrogen and oxygen atoms in total. The van der Waals surface area contributed by atoms with Gasteiger partial charge in [0, 0.05) is 16.5 Å². The van der Waals surface area contributed by atoms with E-state index in [1.54, 1.807) is 18.9 Å². The summed E-state index contributed by atoms with van der Waals surface area (Å²) >= 11 is 1.77. The van der Waals surface area contributed by atoms with Crippen molar-refractivity contribution >= 4 is 11.8 Å². The molecule has 1 aromatic heterocycles. The second-order valence-corrected chi connectivity index (χ2v) is 7.54. The Morgan fingerprint density at radius 1 is 1.00 bits per heavy atom. The van der Waals surface area contributed by atoms with Crippen LogP contribution in [0.4, 0.5) is 0 Å². The van der Waals surface area contributed by atoms with Crippen LogP contribution in [0.15, 0.2) is 59.9 Å². The Labute approximate surface area is 147 Å². The number of hydrogen-bond donors (Lipinski definition) is 0. The van der Waals surface area contributed by atoms with E-state index >= 15 is 0 Å². The molecule has 0 aliphatic rings. The lowest BCUT2D eigenvalue weighted by Gasteiger charge is -2.13. The summed E-state index contributed by atoms with van der Waals surface area (Å²) in [6.07, 6.45) is 1.95. The maximum absolute atomic E-state index is 5.26. The van der Waals surface area contributed by atoms with Crippen LogP contribution in [0.1, 0.15) is 19.4 Å². The van der Waals surface area contributed by atoms with Gasteiger partial charge in [-0.3, -0.25) is 4.57 Å². The van der Waals surface area contributed by atoms with Crippen molar-refractivity contribution in [1.29, 1.82) is 0 Å². The smallest absolute Gasteiger partial charge is 0.173 e. The van der Waals surface area contributed by atoms with Gasteiger partial charge in [0.1, 0.15) is 5.75 Å². The molecule has 2 aromatic carbocycles. The van der Waals surface area contributed by atoms with Crippen LogP contribution in [0.5, 0.6) is 5.75 Å². The number of aromatic nitrogens is 2. The number of hydrogen-bond acceptors (Lipinski definition) is 3. The summed E-state index contributed by atoms with van der Waals surface area (Å²) in [4.78, 5) is 4.67. The lowest BCUT2D eigenvalue weighted by molar-refractivity contribution is 0.415. The summed E-state index contributed by atoms with van der Waals surface area (Å²) in [5.74, 6) is 0.858. The van der Waals surface area contributed by atoms with Crippen LogP contribution in [0.25, 0.3) is 16.9 Å². The molecule has 24 heavy (non-hydrogen) atoms. The van der Waals surface area contributed by atoms with Gasteiger partial charge in [0.25, 0.3) is 0 Å². The van der Waals surface area contributed by atoms with Crippen LogP contribution < -0.4 is 4.74 Å². The first-order valence-electron chi connectivity index (χ1n) is 8.04. The SMILES string of the molecule is COc1ccc(-c2cnc(SC(C)C)n2-c2ccc(C)cc2)cc1. The van der Waals surface area contributed by atoms with Crippen molar-refractivity contribution in [2.75, 3.05) is 7.11 Å². The van der Waals surface area contributed by atoms with Crippen LogP contribution >= 0.6 is 11.8 Å². The second-order valence-electron chi connectivity index (χ2n) is 5.99. The van der Waals surface area contributed by atoms with Crippen LogP contribution in [0, 0.1) is 6.92 Å². The van der Waals surface area contributed by atoms with Gasteiger partial charge in [-0.25, -0.2) is 4.98 Å². The number of aryl methyl sites for hydroxylation is 1. The molecule has 3 aromatic rings. The summed E-state index contributed by atoms with van der Waals surface area (Å²) in [5.41, 5.74) is 4.60. The van der Waals surface area contributed by atoms with E-state index in [9.17, 15) is 0 Å². The zero-order valence-electron chi connectivity index (χ0n) is 14.5. The summed E-state index contributed by atoms with van der Waals surface area (Å²) in [5, 5.41) is 1.49. The minimum absolute atomic E-state index is 0.473. The van der Waals surface area contributed by atoms with E-state index < -0.39 is 0 Å². The Hall–Kier alpha value is -2.20. The molecule has 0 amide bonds. The van der Waals surface area contributed by atoms with Crippen molar-refractivity contribution in [2.24, 2.45) is 0 Å². The number of imidazole rings is 1. The molecule has 0 atom stereocenters. The van der Waals surface area contributed by atoms with E-state index in [0.717, 1.165) is 27.9 Å². The van der Waals surface area contributed by atoms with E-state index in [0.29, 0.717) is 5.25 Å². The zero-order valence-corrected chi connectivity index (χ0v) is 15.3. The Bertz CT molecular complexity index is 805. The third-order valence-corrected chi connectivity index (χ3v) is 4.72. The number of benzene rings is 2. The highest BCUT2D eigenvalue weighted by molar-refractivity contribution is 7.99. The lowest BCUT2D eigenvalue weighted by atomic mass is 10.1. The first-order chi connectivity index (χ1) is 11.6. The fraction of sp³-hybridized carbons (Fsp3) is 0.250. The van der Waals surface area contributed by atoms with E-state index in [1.807, 2.05) is 18.3 Å². The molecule has 0 saturated carbocycles. The van der Waals surface area contributed by atoms with Gasteiger partial charge in [-0.05, 0) is 43.3 Å². The Morgan fingerprint density at radius 2 is 1.67 bits per heavy atom. The Kier molecular flexibility index (Phi) is 4.95. The first kappa shape index (κ1) is 16.7. The van der Waals surface area contributed by atoms with E-state index in [4.69, 9.17) is 4.74 Å². The van der Waals surface area contributed by atoms with Crippen molar-refractivity contribution < 1.29 is 4.74 Å². The number of methoxy groups -OCH3 is 1. The lowest BCUT2D eigenvalue weighted by Crippen LogP contribution is -2.01. The van der Waals surface area contributed by atoms with Gasteiger partial charge in [-0.1, -0.05) is 43.3 Å². The van der Waals surface area contributed by atoms with Gasteiger partial charge in [0.15, 0.2) is 5.16 Å². The highest BCUT2D eigenvalue weighted by Crippen LogP contribution is 2.32. The van der Waals surface area contributed by atoms with Gasteiger partial charge in [-0.15, -0.1) is 0 Å². The van der Waals surface area contributed by atoms with Crippen molar-refractivity contribution in [1.82, 2.24) is 9.55 Å². The average Bonchev–Trinajstić information content (AvgIpc) is 2.98. The van der Waals surface area contributed by atoms with Crippen LogP contribution in [0.2, 0.25) is 0 Å². The molecule has 0 radical (unpaired) electrons. The summed E-state index contributed by atoms with van der Waals surface area (Å²) in [6.45, 7) is 6.48. The molecular weight excluding hydrogens is 316 g/mol. The molecule has 1 heterocycles. The second kappa shape index (κ2) is 7.14. The summed E-state index contributed by atoms with van der Waals surface area (Å²) in [7, 11) is 1.68. The molecule has 0 spiro atoms. The number of thioether (sulfide) groups is 1. The molecule has 124 valence electrons. The van der Waals surface area contributed by atoms with Crippen LogP contribution in [-0.2, 0) is 0 Å². The van der Waals surface area contributed by atoms with E-state index in [2.05, 4.69) is 66.7 Å². The van der Waals surface area contributed by atoms with Gasteiger partial charge in [0.2, 0.25) is 0 Å². The predicted octanol–water partition coefficient (Wildman–Crippen LogP) is 5.36. The molecule has 0 fully saturated rings. The van der Waals surface area contributed by atoms with Crippen LogP contribution in [0.3, 0.4) is 0 Å². The van der Waals surface area contributed by atoms with Crippen molar-refractivity contribution in [3.8, 4) is 22.7 Å². The van der Waals surface area contributed by atoms with Gasteiger partial charge in [0.05, 0.1) is 19.0 Å². The average molecular weight is 338 g/mol. The monoisotopic (exact) mass is 338 g/mol. The topological polar surface area (TPSA) is 27.1 Å². The molecule has 3 rings (SSSR count). The molecular formula is C20H22N2OS. The molecule has 0 N–H and O–H groups in total. The summed E-state index contributed by atoms with van der Waals surface area (Å²) in [6, 6.07) is 16.7. The molecule has 0 bridgehead atoms. The largest absolute Gasteiger partial charge is 0.497 e. The minimum atomic E-state index is 0.473. The predicted molar refractivity (Wildman–Crippen MR) is 101 cm³/mol. The van der Waals surface area contributed by atoms with E-state index in [-0.39, 0.29) is 0 Å². The van der Waals surface area contributed by atoms with Crippen molar-refractivity contribution in [3.63, 3.8) is 0 Å². The Morgan fingerprint density at radius 3 is 2.25 bits per heavy atom. The summed E-state index contributed by atoms with van der Waals surface area (Å²) < 4.78 is 7.49. The molecule has 0 unspecified atom stereocenters. The molecule has 0 saturated heterocycles.